The van der Waals surface area contributed by atoms with Crippen molar-refractivity contribution in [3.05, 3.63) is 88.4 Å². The van der Waals surface area contributed by atoms with Crippen molar-refractivity contribution in [1.29, 1.82) is 0 Å². The van der Waals surface area contributed by atoms with Gasteiger partial charge in [0.1, 0.15) is 12.4 Å². The van der Waals surface area contributed by atoms with Gasteiger partial charge in [-0.15, -0.1) is 0 Å². The van der Waals surface area contributed by atoms with Crippen LogP contribution in [0.5, 0.6) is 17.2 Å². The van der Waals surface area contributed by atoms with Gasteiger partial charge < -0.3 is 14.2 Å². The Morgan fingerprint density at radius 3 is 2.61 bits per heavy atom. The van der Waals surface area contributed by atoms with Crippen LogP contribution in [0.3, 0.4) is 0 Å². The predicted octanol–water partition coefficient (Wildman–Crippen LogP) is 4.77. The van der Waals surface area contributed by atoms with Gasteiger partial charge in [0.05, 0.1) is 18.3 Å². The summed E-state index contributed by atoms with van der Waals surface area (Å²) in [5.74, 6) is 1.24. The minimum atomic E-state index is -0.402. The fourth-order valence-corrected chi connectivity index (χ4v) is 2.95. The molecule has 3 aromatic rings. The van der Waals surface area contributed by atoms with Gasteiger partial charge in [-0.05, 0) is 48.4 Å². The molecule has 0 fully saturated rings. The van der Waals surface area contributed by atoms with Crippen LogP contribution in [0.15, 0.2) is 71.8 Å². The second-order valence-electron chi connectivity index (χ2n) is 6.70. The van der Waals surface area contributed by atoms with E-state index in [4.69, 9.17) is 25.8 Å². The number of halogens is 1. The van der Waals surface area contributed by atoms with E-state index in [9.17, 15) is 4.79 Å². The molecule has 7 heteroatoms. The van der Waals surface area contributed by atoms with Gasteiger partial charge in [-0.3, -0.25) is 4.79 Å². The van der Waals surface area contributed by atoms with Crippen LogP contribution in [0.2, 0.25) is 5.02 Å². The molecule has 0 radical (unpaired) electrons. The number of nitrogens with one attached hydrogen (secondary N) is 1. The molecule has 0 saturated carbocycles. The molecule has 0 saturated heterocycles. The van der Waals surface area contributed by atoms with Gasteiger partial charge in [0, 0.05) is 0 Å². The first-order chi connectivity index (χ1) is 15.0. The average Bonchev–Trinajstić information content (AvgIpc) is 2.77. The third-order valence-electron chi connectivity index (χ3n) is 4.26. The van der Waals surface area contributed by atoms with Gasteiger partial charge in [-0.2, -0.15) is 5.10 Å². The van der Waals surface area contributed by atoms with Crippen LogP contribution >= 0.6 is 11.6 Å². The molecule has 31 heavy (non-hydrogen) atoms. The number of carbonyl (C=O) groups is 1. The van der Waals surface area contributed by atoms with Crippen LogP contribution in [-0.4, -0.2) is 25.8 Å². The van der Waals surface area contributed by atoms with Crippen LogP contribution in [0.1, 0.15) is 16.7 Å². The minimum absolute atomic E-state index is 0.198. The highest BCUT2D eigenvalue weighted by atomic mass is 35.5. The standard InChI is InChI=1S/C24H23ClN2O4/c1-17-6-5-7-19(12-17)15-30-22-11-10-18(13-23(22)29-2)14-26-27-24(28)16-31-21-9-4-3-8-20(21)25/h3-14H,15-16H2,1-2H3,(H,27,28)/b26-14-. The number of methoxy groups -OCH3 is 1. The Labute approximate surface area is 186 Å². The zero-order chi connectivity index (χ0) is 22.1. The second-order valence-corrected chi connectivity index (χ2v) is 7.11. The summed E-state index contributed by atoms with van der Waals surface area (Å²) in [4.78, 5) is 11.9. The molecule has 0 aliphatic carbocycles. The largest absolute Gasteiger partial charge is 0.493 e. The van der Waals surface area contributed by atoms with Crippen LogP contribution in [0.4, 0.5) is 0 Å². The number of carbonyl (C=O) groups excluding carboxylic acids is 1. The number of hydrogen-bond donors (Lipinski definition) is 1. The zero-order valence-electron chi connectivity index (χ0n) is 17.3. The number of aryl methyl sites for hydroxylation is 1. The Bertz CT molecular complexity index is 1070. The molecule has 0 aromatic heterocycles. The molecule has 0 spiro atoms. The average molecular weight is 439 g/mol. The Balaban J connectivity index is 1.53. The number of nitrogens with zero attached hydrogens (tertiary/aromatic N) is 1. The number of hydrogen-bond acceptors (Lipinski definition) is 5. The smallest absolute Gasteiger partial charge is 0.277 e. The Kier molecular flexibility index (Phi) is 7.90. The molecule has 0 aliphatic rings. The van der Waals surface area contributed by atoms with E-state index < -0.39 is 5.91 Å². The SMILES string of the molecule is COc1cc(/C=N\NC(=O)COc2ccccc2Cl)ccc1OCc1cccc(C)c1. The molecule has 6 nitrogen and oxygen atoms in total. The van der Waals surface area contributed by atoms with Crippen molar-refractivity contribution in [2.24, 2.45) is 5.10 Å². The van der Waals surface area contributed by atoms with Crippen LogP contribution < -0.4 is 19.6 Å². The molecule has 0 atom stereocenters. The Morgan fingerprint density at radius 1 is 1.00 bits per heavy atom. The van der Waals surface area contributed by atoms with Gasteiger partial charge in [0.25, 0.3) is 5.91 Å². The fraction of sp³-hybridized carbons (Fsp3) is 0.167. The van der Waals surface area contributed by atoms with Crippen molar-refractivity contribution in [3.8, 4) is 17.2 Å². The topological polar surface area (TPSA) is 69.2 Å². The van der Waals surface area contributed by atoms with Crippen molar-refractivity contribution >= 4 is 23.7 Å². The third-order valence-corrected chi connectivity index (χ3v) is 4.58. The summed E-state index contributed by atoms with van der Waals surface area (Å²) in [5.41, 5.74) is 5.42. The molecule has 0 unspecified atom stereocenters. The molecule has 1 N–H and O–H groups in total. The fourth-order valence-electron chi connectivity index (χ4n) is 2.76. The van der Waals surface area contributed by atoms with Gasteiger partial charge in [0.2, 0.25) is 0 Å². The maximum absolute atomic E-state index is 11.9. The molecule has 3 rings (SSSR count). The quantitative estimate of drug-likeness (QED) is 0.386. The van der Waals surface area contributed by atoms with Crippen molar-refractivity contribution in [1.82, 2.24) is 5.43 Å². The molecule has 1 amide bonds. The summed E-state index contributed by atoms with van der Waals surface area (Å²) < 4.78 is 16.7. The number of amides is 1. The number of hydrazone groups is 1. The highest BCUT2D eigenvalue weighted by molar-refractivity contribution is 6.32. The number of rotatable bonds is 9. The van der Waals surface area contributed by atoms with Crippen molar-refractivity contribution in [2.45, 2.75) is 13.5 Å². The lowest BCUT2D eigenvalue weighted by Gasteiger charge is -2.11. The van der Waals surface area contributed by atoms with Gasteiger partial charge in [0.15, 0.2) is 18.1 Å². The lowest BCUT2D eigenvalue weighted by Crippen LogP contribution is -2.24. The van der Waals surface area contributed by atoms with Crippen LogP contribution in [0, 0.1) is 6.92 Å². The van der Waals surface area contributed by atoms with E-state index in [0.717, 1.165) is 11.1 Å². The highest BCUT2D eigenvalue weighted by Gasteiger charge is 2.07. The van der Waals surface area contributed by atoms with Gasteiger partial charge >= 0.3 is 0 Å². The maximum Gasteiger partial charge on any atom is 0.277 e. The molecular formula is C24H23ClN2O4. The minimum Gasteiger partial charge on any atom is -0.493 e. The summed E-state index contributed by atoms with van der Waals surface area (Å²) in [6, 6.07) is 20.5. The van der Waals surface area contributed by atoms with Crippen molar-refractivity contribution < 1.29 is 19.0 Å². The maximum atomic E-state index is 11.9. The summed E-state index contributed by atoms with van der Waals surface area (Å²) >= 11 is 5.99. The lowest BCUT2D eigenvalue weighted by molar-refractivity contribution is -0.123. The summed E-state index contributed by atoms with van der Waals surface area (Å²) in [6.07, 6.45) is 1.51. The summed E-state index contributed by atoms with van der Waals surface area (Å²) in [6.45, 7) is 2.28. The second kappa shape index (κ2) is 11.0. The first-order valence-corrected chi connectivity index (χ1v) is 9.98. The van der Waals surface area contributed by atoms with Crippen molar-refractivity contribution in [2.75, 3.05) is 13.7 Å². The normalized spacial score (nSPS) is 10.7. The third kappa shape index (κ3) is 6.76. The van der Waals surface area contributed by atoms with Gasteiger partial charge in [-0.1, -0.05) is 53.6 Å². The lowest BCUT2D eigenvalue weighted by atomic mass is 10.1. The van der Waals surface area contributed by atoms with Gasteiger partial charge in [-0.25, -0.2) is 5.43 Å². The molecule has 3 aromatic carbocycles. The van der Waals surface area contributed by atoms with E-state index in [-0.39, 0.29) is 6.61 Å². The summed E-state index contributed by atoms with van der Waals surface area (Å²) in [7, 11) is 1.57. The van der Waals surface area contributed by atoms with Crippen molar-refractivity contribution in [3.63, 3.8) is 0 Å². The summed E-state index contributed by atoms with van der Waals surface area (Å²) in [5, 5.41) is 4.39. The molecular weight excluding hydrogens is 416 g/mol. The first-order valence-electron chi connectivity index (χ1n) is 9.61. The number of ether oxygens (including phenoxy) is 3. The molecule has 0 bridgehead atoms. The van der Waals surface area contributed by atoms with E-state index in [1.165, 1.54) is 11.8 Å². The van der Waals surface area contributed by atoms with Crippen LogP contribution in [-0.2, 0) is 11.4 Å². The van der Waals surface area contributed by atoms with E-state index >= 15 is 0 Å². The number of benzene rings is 3. The Hall–Kier alpha value is -3.51. The first kappa shape index (κ1) is 22.2. The van der Waals surface area contributed by atoms with Crippen LogP contribution in [0.25, 0.3) is 0 Å². The monoisotopic (exact) mass is 438 g/mol. The zero-order valence-corrected chi connectivity index (χ0v) is 18.1. The van der Waals surface area contributed by atoms with E-state index in [2.05, 4.69) is 16.6 Å². The molecule has 160 valence electrons. The van der Waals surface area contributed by atoms with E-state index in [1.807, 2.05) is 31.2 Å². The predicted molar refractivity (Wildman–Crippen MR) is 121 cm³/mol. The highest BCUT2D eigenvalue weighted by Crippen LogP contribution is 2.28. The number of para-hydroxylation sites is 1. The van der Waals surface area contributed by atoms with E-state index in [0.29, 0.717) is 28.9 Å². The molecule has 0 heterocycles. The van der Waals surface area contributed by atoms with E-state index in [1.54, 1.807) is 43.5 Å². The molecule has 0 aliphatic heterocycles. The Morgan fingerprint density at radius 2 is 1.84 bits per heavy atom.